The molecule has 0 unspecified atom stereocenters. The van der Waals surface area contributed by atoms with Gasteiger partial charge in [0.1, 0.15) is 6.04 Å². The molecule has 2 heterocycles. The monoisotopic (exact) mass is 352 g/mol. The number of likely N-dealkylation sites (tertiary alicyclic amines) is 1. The van der Waals surface area contributed by atoms with E-state index >= 15 is 0 Å². The topological polar surface area (TPSA) is 67.9 Å². The number of carbonyl (C=O) groups excluding carboxylic acids is 2. The largest absolute Gasteiger partial charge is 0.454 e. The summed E-state index contributed by atoms with van der Waals surface area (Å²) in [6.45, 7) is 1.63. The third-order valence-corrected chi connectivity index (χ3v) is 4.71. The molecule has 1 fully saturated rings. The molecule has 1 saturated heterocycles. The van der Waals surface area contributed by atoms with Gasteiger partial charge in [-0.05, 0) is 36.6 Å². The second kappa shape index (κ2) is 7.07. The minimum atomic E-state index is -0.702. The van der Waals surface area contributed by atoms with Gasteiger partial charge in [-0.2, -0.15) is 0 Å². The minimum Gasteiger partial charge on any atom is -0.454 e. The fourth-order valence-electron chi connectivity index (χ4n) is 3.31. The number of amides is 2. The van der Waals surface area contributed by atoms with Gasteiger partial charge in [-0.15, -0.1) is 0 Å². The van der Waals surface area contributed by atoms with Crippen molar-refractivity contribution < 1.29 is 19.1 Å². The van der Waals surface area contributed by atoms with Crippen LogP contribution in [-0.2, 0) is 4.79 Å². The average Bonchev–Trinajstić information content (AvgIpc) is 3.37. The van der Waals surface area contributed by atoms with Crippen LogP contribution in [-0.4, -0.2) is 36.6 Å². The highest BCUT2D eigenvalue weighted by atomic mass is 16.7. The van der Waals surface area contributed by atoms with Crippen molar-refractivity contribution in [1.82, 2.24) is 10.2 Å². The molecule has 2 aromatic rings. The molecular weight excluding hydrogens is 332 g/mol. The number of hydrogen-bond donors (Lipinski definition) is 1. The first kappa shape index (κ1) is 16.4. The van der Waals surface area contributed by atoms with Crippen molar-refractivity contribution in [2.75, 3.05) is 19.9 Å². The second-order valence-corrected chi connectivity index (χ2v) is 6.42. The Balaban J connectivity index is 1.58. The van der Waals surface area contributed by atoms with E-state index in [9.17, 15) is 9.59 Å². The van der Waals surface area contributed by atoms with Gasteiger partial charge in [0.2, 0.25) is 12.7 Å². The number of ether oxygens (including phenoxy) is 2. The Labute approximate surface area is 151 Å². The molecule has 0 saturated carbocycles. The molecule has 0 bridgehead atoms. The van der Waals surface area contributed by atoms with Gasteiger partial charge in [0.15, 0.2) is 11.5 Å². The lowest BCUT2D eigenvalue weighted by molar-refractivity contribution is -0.132. The van der Waals surface area contributed by atoms with Crippen molar-refractivity contribution >= 4 is 11.8 Å². The Morgan fingerprint density at radius 1 is 0.962 bits per heavy atom. The number of rotatable bonds is 4. The van der Waals surface area contributed by atoms with Crippen LogP contribution in [0, 0.1) is 0 Å². The summed E-state index contributed by atoms with van der Waals surface area (Å²) >= 11 is 0. The van der Waals surface area contributed by atoms with Gasteiger partial charge in [-0.1, -0.05) is 30.3 Å². The number of nitrogens with zero attached hydrogens (tertiary/aromatic N) is 1. The number of fused-ring (bicyclic) bond motifs is 1. The zero-order valence-electron chi connectivity index (χ0n) is 14.3. The fraction of sp³-hybridized carbons (Fsp3) is 0.300. The van der Waals surface area contributed by atoms with E-state index in [1.54, 1.807) is 18.2 Å². The summed E-state index contributed by atoms with van der Waals surface area (Å²) in [6, 6.07) is 13.7. The molecule has 6 heteroatoms. The number of benzene rings is 2. The number of nitrogens with one attached hydrogen (secondary N) is 1. The summed E-state index contributed by atoms with van der Waals surface area (Å²) < 4.78 is 10.6. The normalized spacial score (nSPS) is 16.4. The van der Waals surface area contributed by atoms with Crippen molar-refractivity contribution in [1.29, 1.82) is 0 Å². The van der Waals surface area contributed by atoms with Gasteiger partial charge in [0, 0.05) is 18.7 Å². The lowest BCUT2D eigenvalue weighted by atomic mass is 10.0. The summed E-state index contributed by atoms with van der Waals surface area (Å²) in [7, 11) is 0. The third kappa shape index (κ3) is 3.22. The van der Waals surface area contributed by atoms with Crippen molar-refractivity contribution in [2.24, 2.45) is 0 Å². The van der Waals surface area contributed by atoms with E-state index in [1.807, 2.05) is 35.2 Å². The molecule has 6 nitrogen and oxygen atoms in total. The van der Waals surface area contributed by atoms with Crippen LogP contribution in [0.4, 0.5) is 0 Å². The van der Waals surface area contributed by atoms with E-state index < -0.39 is 6.04 Å². The first-order valence-corrected chi connectivity index (χ1v) is 8.76. The lowest BCUT2D eigenvalue weighted by Gasteiger charge is -2.24. The smallest absolute Gasteiger partial charge is 0.252 e. The molecule has 2 aliphatic rings. The molecule has 2 amide bonds. The Bertz CT molecular complexity index is 816. The first-order valence-electron chi connectivity index (χ1n) is 8.76. The van der Waals surface area contributed by atoms with Crippen LogP contribution in [0.25, 0.3) is 0 Å². The van der Waals surface area contributed by atoms with Crippen LogP contribution in [0.3, 0.4) is 0 Å². The Hall–Kier alpha value is -3.02. The van der Waals surface area contributed by atoms with Crippen molar-refractivity contribution in [3.8, 4) is 11.5 Å². The molecule has 1 atom stereocenters. The second-order valence-electron chi connectivity index (χ2n) is 6.42. The van der Waals surface area contributed by atoms with E-state index in [0.717, 1.165) is 31.5 Å². The van der Waals surface area contributed by atoms with E-state index in [4.69, 9.17) is 9.47 Å². The van der Waals surface area contributed by atoms with Crippen LogP contribution in [0.2, 0.25) is 0 Å². The van der Waals surface area contributed by atoms with Crippen molar-refractivity contribution in [3.05, 3.63) is 59.7 Å². The quantitative estimate of drug-likeness (QED) is 0.918. The standard InChI is InChI=1S/C20H20N2O4/c23-19(15-8-9-16-17(12-15)26-13-25-16)21-18(14-6-2-1-3-7-14)20(24)22-10-4-5-11-22/h1-3,6-9,12,18H,4-5,10-11,13H2,(H,21,23)/t18-/m0/s1. The van der Waals surface area contributed by atoms with E-state index in [0.29, 0.717) is 17.1 Å². The molecule has 0 aliphatic carbocycles. The van der Waals surface area contributed by atoms with Crippen molar-refractivity contribution in [3.63, 3.8) is 0 Å². The van der Waals surface area contributed by atoms with Gasteiger partial charge in [0.05, 0.1) is 0 Å². The van der Waals surface area contributed by atoms with Gasteiger partial charge in [-0.25, -0.2) is 0 Å². The highest BCUT2D eigenvalue weighted by molar-refractivity contribution is 5.98. The van der Waals surface area contributed by atoms with E-state index in [1.165, 1.54) is 0 Å². The molecule has 26 heavy (non-hydrogen) atoms. The molecule has 0 aromatic heterocycles. The summed E-state index contributed by atoms with van der Waals surface area (Å²) in [5.41, 5.74) is 1.21. The van der Waals surface area contributed by atoms with Gasteiger partial charge in [0.25, 0.3) is 5.91 Å². The zero-order chi connectivity index (χ0) is 17.9. The van der Waals surface area contributed by atoms with E-state index in [-0.39, 0.29) is 18.6 Å². The Kier molecular flexibility index (Phi) is 4.48. The highest BCUT2D eigenvalue weighted by Gasteiger charge is 2.29. The lowest BCUT2D eigenvalue weighted by Crippen LogP contribution is -2.41. The van der Waals surface area contributed by atoms with Crippen LogP contribution in [0.1, 0.15) is 34.8 Å². The molecular formula is C20H20N2O4. The Morgan fingerprint density at radius 2 is 1.69 bits per heavy atom. The summed E-state index contributed by atoms with van der Waals surface area (Å²) in [5.74, 6) is 0.779. The molecule has 0 spiro atoms. The van der Waals surface area contributed by atoms with Crippen LogP contribution < -0.4 is 14.8 Å². The number of carbonyl (C=O) groups is 2. The molecule has 134 valence electrons. The number of hydrogen-bond acceptors (Lipinski definition) is 4. The van der Waals surface area contributed by atoms with E-state index in [2.05, 4.69) is 5.32 Å². The average molecular weight is 352 g/mol. The van der Waals surface area contributed by atoms with Crippen LogP contribution in [0.5, 0.6) is 11.5 Å². The van der Waals surface area contributed by atoms with Crippen LogP contribution >= 0.6 is 0 Å². The van der Waals surface area contributed by atoms with Gasteiger partial charge >= 0.3 is 0 Å². The molecule has 2 aromatic carbocycles. The Morgan fingerprint density at radius 3 is 2.46 bits per heavy atom. The van der Waals surface area contributed by atoms with Gasteiger partial charge < -0.3 is 19.7 Å². The summed E-state index contributed by atoms with van der Waals surface area (Å²) in [6.07, 6.45) is 2.01. The predicted octanol–water partition coefficient (Wildman–Crippen LogP) is 2.51. The zero-order valence-corrected chi connectivity index (χ0v) is 14.3. The van der Waals surface area contributed by atoms with Crippen LogP contribution in [0.15, 0.2) is 48.5 Å². The SMILES string of the molecule is O=C(N[C@H](C(=O)N1CCCC1)c1ccccc1)c1ccc2c(c1)OCO2. The summed E-state index contributed by atoms with van der Waals surface area (Å²) in [5, 5.41) is 2.89. The predicted molar refractivity (Wildman–Crippen MR) is 95.0 cm³/mol. The third-order valence-electron chi connectivity index (χ3n) is 4.71. The summed E-state index contributed by atoms with van der Waals surface area (Å²) in [4.78, 5) is 27.6. The van der Waals surface area contributed by atoms with Gasteiger partial charge in [-0.3, -0.25) is 9.59 Å². The highest BCUT2D eigenvalue weighted by Crippen LogP contribution is 2.32. The minimum absolute atomic E-state index is 0.0669. The fourth-order valence-corrected chi connectivity index (χ4v) is 3.31. The maximum absolute atomic E-state index is 13.0. The van der Waals surface area contributed by atoms with Crippen molar-refractivity contribution in [2.45, 2.75) is 18.9 Å². The first-order chi connectivity index (χ1) is 12.7. The molecule has 2 aliphatic heterocycles. The molecule has 1 N–H and O–H groups in total. The molecule has 0 radical (unpaired) electrons. The maximum atomic E-state index is 13.0. The maximum Gasteiger partial charge on any atom is 0.252 e. The molecule has 4 rings (SSSR count).